The molecule has 6 nitrogen and oxygen atoms in total. The van der Waals surface area contributed by atoms with Crippen LogP contribution in [0.15, 0.2) is 23.3 Å². The summed E-state index contributed by atoms with van der Waals surface area (Å²) in [6.07, 6.45) is -9.61. The number of nitrogens with one attached hydrogen (secondary N) is 1. The lowest BCUT2D eigenvalue weighted by atomic mass is 10.1. The van der Waals surface area contributed by atoms with E-state index >= 15 is 0 Å². The highest BCUT2D eigenvalue weighted by atomic mass is 19.4. The lowest BCUT2D eigenvalue weighted by Gasteiger charge is -2.26. The Morgan fingerprint density at radius 3 is 2.33 bits per heavy atom. The molecule has 0 saturated heterocycles. The van der Waals surface area contributed by atoms with Crippen molar-refractivity contribution in [2.45, 2.75) is 12.4 Å². The van der Waals surface area contributed by atoms with Crippen molar-refractivity contribution in [1.82, 2.24) is 5.53 Å². The molecule has 24 heavy (non-hydrogen) atoms. The zero-order valence-corrected chi connectivity index (χ0v) is 11.9. The number of hydrogen-bond acceptors (Lipinski definition) is 5. The zero-order valence-electron chi connectivity index (χ0n) is 11.9. The summed E-state index contributed by atoms with van der Waals surface area (Å²) < 4.78 is 76.8. The van der Waals surface area contributed by atoms with E-state index < -0.39 is 42.3 Å². The summed E-state index contributed by atoms with van der Waals surface area (Å²) in [6, 6.07) is 3.54. The molecule has 0 atom stereocenters. The molecule has 0 spiro atoms. The van der Waals surface area contributed by atoms with Crippen LogP contribution in [0.1, 0.15) is 11.1 Å². The molecule has 0 aliphatic heterocycles. The first kappa shape index (κ1) is 19.4. The number of nitrogens with two attached hydrogens (primary N) is 2. The minimum Gasteiger partial charge on any atom is -0.384 e. The predicted molar refractivity (Wildman–Crippen MR) is 73.4 cm³/mol. The molecule has 0 aliphatic rings. The Labute approximate surface area is 132 Å². The summed E-state index contributed by atoms with van der Waals surface area (Å²) in [7, 11) is 0. The highest BCUT2D eigenvalue weighted by molar-refractivity contribution is 5.85. The standard InChI is InChI=1S/C12H12F6N6/c13-11(14,15)6-24(5-10(20)22-23-21)8-2-1-7(4-19)9(3-8)12(16,17)18/h1-3,23H,5-6,21H2,(H2,20,22). The smallest absolute Gasteiger partial charge is 0.384 e. The quantitative estimate of drug-likeness (QED) is 0.245. The van der Waals surface area contributed by atoms with Crippen LogP contribution in [0.3, 0.4) is 0 Å². The zero-order chi connectivity index (χ0) is 18.5. The number of rotatable bonds is 5. The fourth-order valence-electron chi connectivity index (χ4n) is 1.83. The third-order valence-corrected chi connectivity index (χ3v) is 2.73. The third-order valence-electron chi connectivity index (χ3n) is 2.73. The predicted octanol–water partition coefficient (Wildman–Crippen LogP) is 1.68. The van der Waals surface area contributed by atoms with Crippen molar-refractivity contribution in [3.63, 3.8) is 0 Å². The molecule has 0 saturated carbocycles. The monoisotopic (exact) mass is 354 g/mol. The van der Waals surface area contributed by atoms with E-state index in [2.05, 4.69) is 5.10 Å². The molecule has 0 heterocycles. The number of nitrogens with zero attached hydrogens (tertiary/aromatic N) is 3. The largest absolute Gasteiger partial charge is 0.417 e. The normalized spacial score (nSPS) is 12.7. The first-order valence-corrected chi connectivity index (χ1v) is 6.18. The molecule has 5 N–H and O–H groups in total. The number of hydrogen-bond donors (Lipinski definition) is 3. The minimum absolute atomic E-state index is 0.375. The van der Waals surface area contributed by atoms with Crippen LogP contribution in [0.5, 0.6) is 0 Å². The number of anilines is 1. The lowest BCUT2D eigenvalue weighted by Crippen LogP contribution is -2.41. The second-order valence-corrected chi connectivity index (χ2v) is 4.54. The first-order chi connectivity index (χ1) is 11.0. The van der Waals surface area contributed by atoms with Crippen LogP contribution >= 0.6 is 0 Å². The number of hydrazone groups is 1. The van der Waals surface area contributed by atoms with E-state index in [1.54, 1.807) is 5.53 Å². The molecule has 0 radical (unpaired) electrons. The molecule has 0 fully saturated rings. The van der Waals surface area contributed by atoms with Crippen LogP contribution < -0.4 is 22.0 Å². The van der Waals surface area contributed by atoms with Crippen LogP contribution in [-0.4, -0.2) is 25.1 Å². The van der Waals surface area contributed by atoms with Gasteiger partial charge in [0.15, 0.2) is 0 Å². The van der Waals surface area contributed by atoms with Gasteiger partial charge in [0.05, 0.1) is 23.7 Å². The summed E-state index contributed by atoms with van der Waals surface area (Å²) in [5, 5.41) is 12.0. The average Bonchev–Trinajstić information content (AvgIpc) is 2.43. The first-order valence-electron chi connectivity index (χ1n) is 6.18. The fourth-order valence-corrected chi connectivity index (χ4v) is 1.83. The van der Waals surface area contributed by atoms with Gasteiger partial charge in [-0.3, -0.25) is 0 Å². The van der Waals surface area contributed by atoms with Gasteiger partial charge in [0, 0.05) is 5.69 Å². The van der Waals surface area contributed by atoms with E-state index in [0.717, 1.165) is 12.1 Å². The van der Waals surface area contributed by atoms with Gasteiger partial charge >= 0.3 is 12.4 Å². The highest BCUT2D eigenvalue weighted by Gasteiger charge is 2.36. The fraction of sp³-hybridized carbons (Fsp3) is 0.333. The van der Waals surface area contributed by atoms with Crippen molar-refractivity contribution >= 4 is 11.5 Å². The van der Waals surface area contributed by atoms with Gasteiger partial charge in [0.25, 0.3) is 0 Å². The van der Waals surface area contributed by atoms with Crippen molar-refractivity contribution in [2.24, 2.45) is 16.7 Å². The number of halogens is 6. The van der Waals surface area contributed by atoms with Gasteiger partial charge < -0.3 is 10.6 Å². The molecule has 0 aliphatic carbocycles. The maximum atomic E-state index is 12.9. The van der Waals surface area contributed by atoms with Gasteiger partial charge in [-0.1, -0.05) is 0 Å². The number of alkyl halides is 6. The molecular formula is C12H12F6N6. The second kappa shape index (κ2) is 7.26. The average molecular weight is 354 g/mol. The van der Waals surface area contributed by atoms with E-state index in [9.17, 15) is 26.3 Å². The Morgan fingerprint density at radius 2 is 1.88 bits per heavy atom. The third kappa shape index (κ3) is 5.51. The molecule has 1 aromatic rings. The van der Waals surface area contributed by atoms with Gasteiger partial charge in [0.2, 0.25) is 0 Å². The van der Waals surface area contributed by atoms with Crippen molar-refractivity contribution < 1.29 is 26.3 Å². The van der Waals surface area contributed by atoms with Gasteiger partial charge in [-0.05, 0) is 18.2 Å². The van der Waals surface area contributed by atoms with E-state index in [1.165, 1.54) is 6.07 Å². The van der Waals surface area contributed by atoms with Crippen LogP contribution in [0.25, 0.3) is 0 Å². The molecule has 1 rings (SSSR count). The van der Waals surface area contributed by atoms with E-state index in [1.807, 2.05) is 0 Å². The molecular weight excluding hydrogens is 342 g/mol. The van der Waals surface area contributed by atoms with Crippen LogP contribution in [0.2, 0.25) is 0 Å². The number of nitriles is 1. The summed E-state index contributed by atoms with van der Waals surface area (Å²) in [5.74, 6) is 4.47. The number of amidine groups is 1. The van der Waals surface area contributed by atoms with Crippen molar-refractivity contribution in [1.29, 1.82) is 5.26 Å². The van der Waals surface area contributed by atoms with Gasteiger partial charge in [-0.25, -0.2) is 11.4 Å². The summed E-state index contributed by atoms with van der Waals surface area (Å²) in [6.45, 7) is -2.20. The van der Waals surface area contributed by atoms with Crippen LogP contribution in [0.4, 0.5) is 32.0 Å². The summed E-state index contributed by atoms with van der Waals surface area (Å²) in [5.41, 5.74) is 4.65. The Kier molecular flexibility index (Phi) is 5.86. The summed E-state index contributed by atoms with van der Waals surface area (Å²) in [4.78, 5) is 0.534. The second-order valence-electron chi connectivity index (χ2n) is 4.54. The Morgan fingerprint density at radius 1 is 1.25 bits per heavy atom. The van der Waals surface area contributed by atoms with Gasteiger partial charge in [0.1, 0.15) is 12.4 Å². The van der Waals surface area contributed by atoms with E-state index in [-0.39, 0.29) is 5.84 Å². The lowest BCUT2D eigenvalue weighted by molar-refractivity contribution is -0.137. The van der Waals surface area contributed by atoms with Gasteiger partial charge in [-0.2, -0.15) is 36.7 Å². The molecule has 1 aromatic carbocycles. The van der Waals surface area contributed by atoms with E-state index in [0.29, 0.717) is 11.0 Å². The van der Waals surface area contributed by atoms with Crippen LogP contribution in [0, 0.1) is 11.3 Å². The molecule has 0 unspecified atom stereocenters. The summed E-state index contributed by atoms with van der Waals surface area (Å²) >= 11 is 0. The Balaban J connectivity index is 3.32. The molecule has 0 amide bonds. The Bertz CT molecular complexity index is 645. The maximum absolute atomic E-state index is 12.9. The number of benzene rings is 1. The minimum atomic E-state index is -4.90. The maximum Gasteiger partial charge on any atom is 0.417 e. The Hall–Kier alpha value is -2.68. The highest BCUT2D eigenvalue weighted by Crippen LogP contribution is 2.35. The van der Waals surface area contributed by atoms with Crippen molar-refractivity contribution in [3.05, 3.63) is 29.3 Å². The van der Waals surface area contributed by atoms with E-state index in [4.69, 9.17) is 16.8 Å². The molecule has 132 valence electrons. The topological polar surface area (TPSA) is 103 Å². The van der Waals surface area contributed by atoms with Crippen molar-refractivity contribution in [2.75, 3.05) is 18.0 Å². The molecule has 0 aromatic heterocycles. The van der Waals surface area contributed by atoms with Gasteiger partial charge in [-0.15, -0.1) is 0 Å². The molecule has 12 heteroatoms. The van der Waals surface area contributed by atoms with Crippen LogP contribution in [-0.2, 0) is 6.18 Å². The SMILES string of the molecule is N#Cc1ccc(N(C/C(N)=N/NN)CC(F)(F)F)cc1C(F)(F)F. The molecule has 0 bridgehead atoms. The van der Waals surface area contributed by atoms with Crippen molar-refractivity contribution in [3.8, 4) is 6.07 Å². The number of hydrazine groups is 1.